The highest BCUT2D eigenvalue weighted by atomic mass is 35.5. The summed E-state index contributed by atoms with van der Waals surface area (Å²) in [6, 6.07) is 7.97. The van der Waals surface area contributed by atoms with Gasteiger partial charge < -0.3 is 14.5 Å². The Hall–Kier alpha value is -3.59. The zero-order valence-corrected chi connectivity index (χ0v) is 22.4. The Kier molecular flexibility index (Phi) is 6.81. The molecular formula is C28H28ClF2N5O2. The maximum absolute atomic E-state index is 16.0. The highest BCUT2D eigenvalue weighted by Gasteiger charge is 2.33. The number of nitrogens with zero attached hydrogens (tertiary/aromatic N) is 5. The molecule has 5 rings (SSSR count). The SMILES string of the molecule is CC[C@H]1CN(c2ncnc3c(F)c(-c4cccc5ccc(F)c(Cl)c45)ncc23)CCN1C(=O)OC(C)(C)C. The Morgan fingerprint density at radius 3 is 2.66 bits per heavy atom. The zero-order chi connectivity index (χ0) is 27.2. The first-order chi connectivity index (χ1) is 18.1. The van der Waals surface area contributed by atoms with E-state index in [1.807, 2.05) is 32.6 Å². The van der Waals surface area contributed by atoms with Gasteiger partial charge in [0.25, 0.3) is 0 Å². The lowest BCUT2D eigenvalue weighted by molar-refractivity contribution is 0.0136. The molecule has 1 aliphatic heterocycles. The van der Waals surface area contributed by atoms with Crippen LogP contribution in [0.15, 0.2) is 42.9 Å². The molecule has 0 bridgehead atoms. The molecule has 1 atom stereocenters. The Morgan fingerprint density at radius 2 is 1.92 bits per heavy atom. The Labute approximate surface area is 224 Å². The van der Waals surface area contributed by atoms with E-state index in [1.54, 1.807) is 29.2 Å². The van der Waals surface area contributed by atoms with E-state index in [0.717, 1.165) is 0 Å². The molecule has 0 aliphatic carbocycles. The van der Waals surface area contributed by atoms with E-state index in [4.69, 9.17) is 16.3 Å². The third-order valence-corrected chi connectivity index (χ3v) is 7.04. The number of anilines is 1. The lowest BCUT2D eigenvalue weighted by Gasteiger charge is -2.42. The van der Waals surface area contributed by atoms with Gasteiger partial charge in [-0.3, -0.25) is 4.98 Å². The monoisotopic (exact) mass is 539 g/mol. The average molecular weight is 540 g/mol. The molecule has 0 unspecified atom stereocenters. The van der Waals surface area contributed by atoms with Crippen molar-refractivity contribution in [1.82, 2.24) is 19.9 Å². The molecule has 0 N–H and O–H groups in total. The second-order valence-corrected chi connectivity index (χ2v) is 10.7. The van der Waals surface area contributed by atoms with Crippen LogP contribution in [0.4, 0.5) is 19.4 Å². The molecule has 10 heteroatoms. The van der Waals surface area contributed by atoms with Crippen LogP contribution in [0.3, 0.4) is 0 Å². The van der Waals surface area contributed by atoms with Crippen LogP contribution in [0, 0.1) is 11.6 Å². The molecule has 1 fully saturated rings. The molecule has 198 valence electrons. The Morgan fingerprint density at radius 1 is 1.13 bits per heavy atom. The molecule has 1 aliphatic rings. The quantitative estimate of drug-likeness (QED) is 0.292. The normalized spacial score (nSPS) is 16.3. The van der Waals surface area contributed by atoms with Crippen molar-refractivity contribution < 1.29 is 18.3 Å². The molecule has 0 spiro atoms. The molecule has 7 nitrogen and oxygen atoms in total. The lowest BCUT2D eigenvalue weighted by atomic mass is 10.0. The van der Waals surface area contributed by atoms with Gasteiger partial charge in [-0.25, -0.2) is 23.5 Å². The first kappa shape index (κ1) is 26.0. The minimum absolute atomic E-state index is 0.0291. The van der Waals surface area contributed by atoms with E-state index < -0.39 is 17.2 Å². The highest BCUT2D eigenvalue weighted by molar-refractivity contribution is 6.36. The van der Waals surface area contributed by atoms with Crippen molar-refractivity contribution in [2.75, 3.05) is 24.5 Å². The average Bonchev–Trinajstić information content (AvgIpc) is 2.89. The van der Waals surface area contributed by atoms with Crippen molar-refractivity contribution in [3.8, 4) is 11.3 Å². The summed E-state index contributed by atoms with van der Waals surface area (Å²) >= 11 is 6.28. The van der Waals surface area contributed by atoms with E-state index in [1.165, 1.54) is 18.6 Å². The summed E-state index contributed by atoms with van der Waals surface area (Å²) in [6.45, 7) is 8.96. The fourth-order valence-electron chi connectivity index (χ4n) is 4.88. The molecule has 4 aromatic rings. The lowest BCUT2D eigenvalue weighted by Crippen LogP contribution is -2.56. The molecular weight excluding hydrogens is 512 g/mol. The topological polar surface area (TPSA) is 71.5 Å². The number of piperazine rings is 1. The number of halogens is 3. The summed E-state index contributed by atoms with van der Waals surface area (Å²) in [5.74, 6) is -0.691. The molecule has 0 saturated carbocycles. The third-order valence-electron chi connectivity index (χ3n) is 6.67. The first-order valence-electron chi connectivity index (χ1n) is 12.5. The number of pyridine rings is 1. The van der Waals surface area contributed by atoms with Crippen LogP contribution in [-0.4, -0.2) is 57.2 Å². The van der Waals surface area contributed by atoms with Gasteiger partial charge in [-0.1, -0.05) is 42.8 Å². The van der Waals surface area contributed by atoms with Gasteiger partial charge in [0.1, 0.15) is 34.8 Å². The number of fused-ring (bicyclic) bond motifs is 2. The summed E-state index contributed by atoms with van der Waals surface area (Å²) in [6.07, 6.45) is 3.23. The van der Waals surface area contributed by atoms with Gasteiger partial charge in [-0.05, 0) is 38.6 Å². The summed E-state index contributed by atoms with van der Waals surface area (Å²) in [7, 11) is 0. The van der Waals surface area contributed by atoms with Gasteiger partial charge in [0.2, 0.25) is 0 Å². The second kappa shape index (κ2) is 9.94. The number of hydrogen-bond acceptors (Lipinski definition) is 6. The number of benzene rings is 2. The van der Waals surface area contributed by atoms with Gasteiger partial charge in [-0.2, -0.15) is 0 Å². The number of aromatic nitrogens is 3. The fourth-order valence-corrected chi connectivity index (χ4v) is 5.16. The number of carbonyl (C=O) groups excluding carboxylic acids is 1. The largest absolute Gasteiger partial charge is 0.444 e. The number of amides is 1. The third kappa shape index (κ3) is 4.71. The van der Waals surface area contributed by atoms with Gasteiger partial charge in [0.15, 0.2) is 5.82 Å². The molecule has 2 aromatic heterocycles. The van der Waals surface area contributed by atoms with E-state index in [-0.39, 0.29) is 28.4 Å². The summed E-state index contributed by atoms with van der Waals surface area (Å²) < 4.78 is 35.8. The van der Waals surface area contributed by atoms with Gasteiger partial charge in [-0.15, -0.1) is 0 Å². The van der Waals surface area contributed by atoms with Crippen LogP contribution >= 0.6 is 11.6 Å². The predicted octanol–water partition coefficient (Wildman–Crippen LogP) is 6.61. The van der Waals surface area contributed by atoms with Crippen molar-refractivity contribution >= 4 is 45.2 Å². The number of hydrogen-bond donors (Lipinski definition) is 0. The molecule has 1 saturated heterocycles. The zero-order valence-electron chi connectivity index (χ0n) is 21.6. The molecule has 3 heterocycles. The molecule has 38 heavy (non-hydrogen) atoms. The van der Waals surface area contributed by atoms with Crippen molar-refractivity contribution in [3.63, 3.8) is 0 Å². The fraction of sp³-hybridized carbons (Fsp3) is 0.357. The number of rotatable bonds is 3. The van der Waals surface area contributed by atoms with Crippen molar-refractivity contribution in [2.24, 2.45) is 0 Å². The van der Waals surface area contributed by atoms with Gasteiger partial charge >= 0.3 is 6.09 Å². The summed E-state index contributed by atoms with van der Waals surface area (Å²) in [5, 5.41) is 1.42. The molecule has 2 aromatic carbocycles. The predicted molar refractivity (Wildman–Crippen MR) is 144 cm³/mol. The molecule has 0 radical (unpaired) electrons. The van der Waals surface area contributed by atoms with Crippen LogP contribution in [0.25, 0.3) is 32.9 Å². The van der Waals surface area contributed by atoms with E-state index in [9.17, 15) is 9.18 Å². The number of carbonyl (C=O) groups is 1. The standard InChI is InChI=1S/C28H28ClF2N5O2/c1-5-17-14-35(11-12-36(17)27(37)38-28(2,3)4)26-19-13-32-24(23(31)25(19)33-15-34-26)18-8-6-7-16-9-10-20(30)22(29)21(16)18/h6-10,13,15,17H,5,11-12,14H2,1-4H3/t17-/m0/s1. The maximum atomic E-state index is 16.0. The maximum Gasteiger partial charge on any atom is 0.410 e. The first-order valence-corrected chi connectivity index (χ1v) is 12.9. The Balaban J connectivity index is 1.52. The number of ether oxygens (including phenoxy) is 1. The Bertz CT molecular complexity index is 1540. The second-order valence-electron chi connectivity index (χ2n) is 10.3. The van der Waals surface area contributed by atoms with Crippen molar-refractivity contribution in [1.29, 1.82) is 0 Å². The smallest absolute Gasteiger partial charge is 0.410 e. The summed E-state index contributed by atoms with van der Waals surface area (Å²) in [4.78, 5) is 29.6. The van der Waals surface area contributed by atoms with E-state index in [0.29, 0.717) is 53.6 Å². The van der Waals surface area contributed by atoms with Crippen LogP contribution in [0.5, 0.6) is 0 Å². The van der Waals surface area contributed by atoms with Crippen LogP contribution in [0.1, 0.15) is 34.1 Å². The van der Waals surface area contributed by atoms with E-state index >= 15 is 4.39 Å². The van der Waals surface area contributed by atoms with Crippen molar-refractivity contribution in [3.05, 3.63) is 59.5 Å². The molecule has 1 amide bonds. The van der Waals surface area contributed by atoms with Crippen molar-refractivity contribution in [2.45, 2.75) is 45.8 Å². The van der Waals surface area contributed by atoms with Crippen LogP contribution in [-0.2, 0) is 4.74 Å². The summed E-state index contributed by atoms with van der Waals surface area (Å²) in [5.41, 5.74) is -0.0757. The van der Waals surface area contributed by atoms with E-state index in [2.05, 4.69) is 15.0 Å². The van der Waals surface area contributed by atoms with Gasteiger partial charge in [0, 0.05) is 36.8 Å². The van der Waals surface area contributed by atoms with Crippen LogP contribution < -0.4 is 4.90 Å². The highest BCUT2D eigenvalue weighted by Crippen LogP contribution is 2.37. The minimum Gasteiger partial charge on any atom is -0.444 e. The van der Waals surface area contributed by atoms with Crippen LogP contribution in [0.2, 0.25) is 5.02 Å². The van der Waals surface area contributed by atoms with Gasteiger partial charge in [0.05, 0.1) is 16.5 Å². The minimum atomic E-state index is -0.640.